The summed E-state index contributed by atoms with van der Waals surface area (Å²) in [4.78, 5) is 1.29. The minimum absolute atomic E-state index is 0.114. The molecule has 4 rings (SSSR count). The van der Waals surface area contributed by atoms with E-state index in [1.165, 1.54) is 0 Å². The molecule has 3 aromatic rings. The van der Waals surface area contributed by atoms with Crippen LogP contribution in [0.25, 0.3) is 0 Å². The zero-order valence-corrected chi connectivity index (χ0v) is 18.4. The summed E-state index contributed by atoms with van der Waals surface area (Å²) in [6.45, 7) is 1.46. The lowest BCUT2D eigenvalue weighted by Crippen LogP contribution is -2.38. The number of rotatable bonds is 8. The second kappa shape index (κ2) is 9.45. The van der Waals surface area contributed by atoms with Gasteiger partial charge in [-0.2, -0.15) is 4.31 Å². The molecule has 0 amide bonds. The van der Waals surface area contributed by atoms with Crippen LogP contribution in [0.1, 0.15) is 18.4 Å². The number of benzene rings is 2. The van der Waals surface area contributed by atoms with Crippen LogP contribution in [0.15, 0.2) is 86.1 Å². The molecule has 0 aliphatic carbocycles. The highest BCUT2D eigenvalue weighted by Crippen LogP contribution is 2.34. The smallest absolute Gasteiger partial charge is 0.243 e. The minimum atomic E-state index is -3.54. The van der Waals surface area contributed by atoms with E-state index in [1.807, 2.05) is 60.0 Å². The van der Waals surface area contributed by atoms with E-state index < -0.39 is 10.0 Å². The van der Waals surface area contributed by atoms with Gasteiger partial charge in [0.05, 0.1) is 22.3 Å². The van der Waals surface area contributed by atoms with Gasteiger partial charge in [0, 0.05) is 17.5 Å². The average molecular weight is 446 g/mol. The first-order valence-corrected chi connectivity index (χ1v) is 12.7. The number of nitrogens with zero attached hydrogens (tertiary/aromatic N) is 1. The van der Waals surface area contributed by atoms with E-state index in [1.54, 1.807) is 39.5 Å². The second-order valence-electron chi connectivity index (χ2n) is 6.92. The molecule has 1 saturated heterocycles. The summed E-state index contributed by atoms with van der Waals surface area (Å²) in [6, 6.07) is 21.1. The minimum Gasteiger partial charge on any atom is -0.375 e. The molecule has 4 nitrogen and oxygen atoms in total. The maximum atomic E-state index is 13.3. The van der Waals surface area contributed by atoms with E-state index in [2.05, 4.69) is 0 Å². The third-order valence-corrected chi connectivity index (χ3v) is 8.85. The van der Waals surface area contributed by atoms with Crippen LogP contribution in [0.4, 0.5) is 0 Å². The molecule has 2 heterocycles. The first-order chi connectivity index (χ1) is 14.1. The van der Waals surface area contributed by atoms with Gasteiger partial charge in [0.1, 0.15) is 0 Å². The largest absolute Gasteiger partial charge is 0.375 e. The maximum absolute atomic E-state index is 13.3. The van der Waals surface area contributed by atoms with E-state index in [9.17, 15) is 8.42 Å². The van der Waals surface area contributed by atoms with Gasteiger partial charge in [0.2, 0.25) is 10.0 Å². The maximum Gasteiger partial charge on any atom is 0.243 e. The SMILES string of the molecule is O=S(=O)(c1cccc(Sc2cccs2)c1)N1CCC[C@H]1COCc1ccccc1. The van der Waals surface area contributed by atoms with Crippen LogP contribution in [0.3, 0.4) is 0 Å². The molecule has 2 aromatic carbocycles. The molecule has 7 heteroatoms. The highest BCUT2D eigenvalue weighted by atomic mass is 32.2. The monoisotopic (exact) mass is 445 g/mol. The Labute approximate surface area is 180 Å². The molecule has 0 unspecified atom stereocenters. The van der Waals surface area contributed by atoms with Crippen molar-refractivity contribution in [3.05, 3.63) is 77.7 Å². The van der Waals surface area contributed by atoms with E-state index in [4.69, 9.17) is 4.74 Å². The van der Waals surface area contributed by atoms with Gasteiger partial charge in [-0.05, 0) is 48.1 Å². The zero-order chi connectivity index (χ0) is 20.1. The lowest BCUT2D eigenvalue weighted by molar-refractivity contribution is 0.0873. The van der Waals surface area contributed by atoms with E-state index >= 15 is 0 Å². The average Bonchev–Trinajstić information content (AvgIpc) is 3.41. The van der Waals surface area contributed by atoms with Crippen molar-refractivity contribution in [2.24, 2.45) is 0 Å². The number of sulfonamides is 1. The quantitative estimate of drug-likeness (QED) is 0.474. The summed E-state index contributed by atoms with van der Waals surface area (Å²) < 4.78 is 35.2. The molecule has 29 heavy (non-hydrogen) atoms. The Kier molecular flexibility index (Phi) is 6.72. The summed E-state index contributed by atoms with van der Waals surface area (Å²) in [5.74, 6) is 0. The number of thiophene rings is 1. The predicted molar refractivity (Wildman–Crippen MR) is 118 cm³/mol. The second-order valence-corrected chi connectivity index (χ2v) is 11.1. The van der Waals surface area contributed by atoms with Gasteiger partial charge in [-0.25, -0.2) is 8.42 Å². The van der Waals surface area contributed by atoms with Crippen LogP contribution >= 0.6 is 23.1 Å². The van der Waals surface area contributed by atoms with Crippen molar-refractivity contribution < 1.29 is 13.2 Å². The Morgan fingerprint density at radius 1 is 1.07 bits per heavy atom. The molecule has 0 bridgehead atoms. The van der Waals surface area contributed by atoms with Crippen LogP contribution in [0.2, 0.25) is 0 Å². The first-order valence-electron chi connectivity index (χ1n) is 9.58. The summed E-state index contributed by atoms with van der Waals surface area (Å²) in [7, 11) is -3.54. The summed E-state index contributed by atoms with van der Waals surface area (Å²) in [5, 5.41) is 2.02. The third kappa shape index (κ3) is 5.10. The fourth-order valence-corrected chi connectivity index (χ4v) is 7.06. The standard InChI is InChI=1S/C22H23NO3S3/c24-29(25,21-11-4-10-20(15-21)28-22-12-6-14-27-22)23-13-5-9-19(23)17-26-16-18-7-2-1-3-8-18/h1-4,6-8,10-12,14-15,19H,5,9,13,16-17H2/t19-/m0/s1. The molecule has 0 spiro atoms. The number of hydrogen-bond donors (Lipinski definition) is 0. The summed E-state index contributed by atoms with van der Waals surface area (Å²) in [6.07, 6.45) is 1.69. The Hall–Kier alpha value is -1.64. The molecule has 1 aliphatic rings. The number of hydrogen-bond acceptors (Lipinski definition) is 5. The lowest BCUT2D eigenvalue weighted by Gasteiger charge is -2.24. The van der Waals surface area contributed by atoms with Crippen LogP contribution in [0.5, 0.6) is 0 Å². The highest BCUT2D eigenvalue weighted by Gasteiger charge is 2.35. The van der Waals surface area contributed by atoms with E-state index in [0.29, 0.717) is 24.7 Å². The molecular weight excluding hydrogens is 422 g/mol. The molecule has 0 radical (unpaired) electrons. The molecule has 1 fully saturated rings. The highest BCUT2D eigenvalue weighted by molar-refractivity contribution is 8.01. The van der Waals surface area contributed by atoms with Gasteiger partial charge in [0.25, 0.3) is 0 Å². The Balaban J connectivity index is 1.44. The summed E-state index contributed by atoms with van der Waals surface area (Å²) >= 11 is 3.24. The van der Waals surface area contributed by atoms with Gasteiger partial charge < -0.3 is 4.74 Å². The van der Waals surface area contributed by atoms with Crippen molar-refractivity contribution in [1.29, 1.82) is 0 Å². The molecule has 1 atom stereocenters. The molecular formula is C22H23NO3S3. The van der Waals surface area contributed by atoms with Gasteiger partial charge in [-0.15, -0.1) is 11.3 Å². The number of ether oxygens (including phenoxy) is 1. The van der Waals surface area contributed by atoms with Crippen molar-refractivity contribution in [2.75, 3.05) is 13.2 Å². The van der Waals surface area contributed by atoms with Crippen molar-refractivity contribution in [2.45, 2.75) is 39.5 Å². The molecule has 152 valence electrons. The van der Waals surface area contributed by atoms with Crippen LogP contribution < -0.4 is 0 Å². The topological polar surface area (TPSA) is 46.6 Å². The molecule has 0 N–H and O–H groups in total. The van der Waals surface area contributed by atoms with Crippen molar-refractivity contribution in [1.82, 2.24) is 4.31 Å². The van der Waals surface area contributed by atoms with E-state index in [-0.39, 0.29) is 6.04 Å². The van der Waals surface area contributed by atoms with Crippen molar-refractivity contribution in [3.63, 3.8) is 0 Å². The van der Waals surface area contributed by atoms with E-state index in [0.717, 1.165) is 27.5 Å². The first kappa shape index (κ1) is 20.6. The lowest BCUT2D eigenvalue weighted by atomic mass is 10.2. The zero-order valence-electron chi connectivity index (χ0n) is 15.9. The predicted octanol–water partition coefficient (Wildman–Crippen LogP) is 5.27. The van der Waals surface area contributed by atoms with Gasteiger partial charge >= 0.3 is 0 Å². The van der Waals surface area contributed by atoms with Gasteiger partial charge in [-0.1, -0.05) is 54.2 Å². The Morgan fingerprint density at radius 2 is 1.93 bits per heavy atom. The molecule has 1 aliphatic heterocycles. The molecule has 0 saturated carbocycles. The third-order valence-electron chi connectivity index (χ3n) is 4.87. The fourth-order valence-electron chi connectivity index (χ4n) is 3.45. The van der Waals surface area contributed by atoms with Crippen molar-refractivity contribution >= 4 is 33.1 Å². The Morgan fingerprint density at radius 3 is 2.72 bits per heavy atom. The Bertz CT molecular complexity index is 1020. The van der Waals surface area contributed by atoms with Crippen LogP contribution in [-0.4, -0.2) is 31.9 Å². The normalized spacial score (nSPS) is 17.6. The van der Waals surface area contributed by atoms with Gasteiger partial charge in [-0.3, -0.25) is 0 Å². The summed E-state index contributed by atoms with van der Waals surface area (Å²) in [5.41, 5.74) is 1.10. The van der Waals surface area contributed by atoms with Crippen LogP contribution in [0, 0.1) is 0 Å². The van der Waals surface area contributed by atoms with Crippen LogP contribution in [-0.2, 0) is 21.4 Å². The van der Waals surface area contributed by atoms with Gasteiger partial charge in [0.15, 0.2) is 0 Å². The van der Waals surface area contributed by atoms with Crippen molar-refractivity contribution in [3.8, 4) is 0 Å². The molecule has 1 aromatic heterocycles. The fraction of sp³-hybridized carbons (Fsp3) is 0.273.